The molecule has 1 aromatic carbocycles. The van der Waals surface area contributed by atoms with Crippen LogP contribution in [0.25, 0.3) is 0 Å². The lowest BCUT2D eigenvalue weighted by Crippen LogP contribution is -2.43. The van der Waals surface area contributed by atoms with Crippen molar-refractivity contribution < 1.29 is 8.42 Å². The van der Waals surface area contributed by atoms with Gasteiger partial charge in [0.2, 0.25) is 10.0 Å². The highest BCUT2D eigenvalue weighted by atomic mass is 32.2. The number of nitrogens with one attached hydrogen (secondary N) is 2. The molecule has 4 N–H and O–H groups in total. The largest absolute Gasteiger partial charge is 0.379 e. The van der Waals surface area contributed by atoms with Gasteiger partial charge in [-0.3, -0.25) is 0 Å². The molecule has 0 aliphatic heterocycles. The minimum atomic E-state index is -3.40. The Morgan fingerprint density at radius 3 is 2.24 bits per heavy atom. The monoisotopic (exact) mass is 313 g/mol. The van der Waals surface area contributed by atoms with Crippen LogP contribution in [0.3, 0.4) is 0 Å². The third-order valence-corrected chi connectivity index (χ3v) is 4.82. The molecule has 0 saturated carbocycles. The predicted molar refractivity (Wildman–Crippen MR) is 87.8 cm³/mol. The fourth-order valence-electron chi connectivity index (χ4n) is 2.43. The number of rotatable bonds is 8. The summed E-state index contributed by atoms with van der Waals surface area (Å²) in [4.78, 5) is 0.271. The Morgan fingerprint density at radius 1 is 1.24 bits per heavy atom. The van der Waals surface area contributed by atoms with E-state index in [1.165, 1.54) is 0 Å². The van der Waals surface area contributed by atoms with Crippen LogP contribution in [0.2, 0.25) is 0 Å². The normalized spacial score (nSPS) is 15.0. The number of hydrogen-bond donors (Lipinski definition) is 3. The topological polar surface area (TPSA) is 84.2 Å². The molecule has 1 unspecified atom stereocenters. The Labute approximate surface area is 128 Å². The van der Waals surface area contributed by atoms with Crippen molar-refractivity contribution in [1.29, 1.82) is 0 Å². The van der Waals surface area contributed by atoms with Crippen molar-refractivity contribution in [1.82, 2.24) is 4.72 Å². The molecule has 1 atom stereocenters. The summed E-state index contributed by atoms with van der Waals surface area (Å²) in [7, 11) is -3.40. The summed E-state index contributed by atoms with van der Waals surface area (Å²) < 4.78 is 26.2. The molecule has 5 nitrogen and oxygen atoms in total. The van der Waals surface area contributed by atoms with Gasteiger partial charge in [0.1, 0.15) is 0 Å². The second-order valence-electron chi connectivity index (χ2n) is 6.01. The Hall–Kier alpha value is -1.11. The van der Waals surface area contributed by atoms with Crippen molar-refractivity contribution in [2.24, 2.45) is 11.7 Å². The molecule has 1 rings (SSSR count). The van der Waals surface area contributed by atoms with Crippen LogP contribution in [0.4, 0.5) is 5.69 Å². The zero-order chi connectivity index (χ0) is 16.1. The zero-order valence-electron chi connectivity index (χ0n) is 13.3. The number of sulfonamides is 1. The summed E-state index contributed by atoms with van der Waals surface area (Å²) in [6, 6.07) is 6.76. The molecule has 0 saturated heterocycles. The number of anilines is 1. The Morgan fingerprint density at radius 2 is 1.81 bits per heavy atom. The van der Waals surface area contributed by atoms with Crippen LogP contribution in [0.15, 0.2) is 29.2 Å². The standard InChI is InChI=1S/C15H27N3O2S/c1-5-17-21(19,20)14-8-6-13(7-9-14)18-15(4,11-16)10-12(2)3/h6-9,12,17-18H,5,10-11,16H2,1-4H3. The molecule has 0 heterocycles. The molecule has 6 heteroatoms. The van der Waals surface area contributed by atoms with Crippen LogP contribution in [-0.4, -0.2) is 27.0 Å². The molecule has 0 aliphatic carbocycles. The average molecular weight is 313 g/mol. The van der Waals surface area contributed by atoms with Crippen molar-refractivity contribution in [3.63, 3.8) is 0 Å². The zero-order valence-corrected chi connectivity index (χ0v) is 14.1. The van der Waals surface area contributed by atoms with Crippen LogP contribution >= 0.6 is 0 Å². The minimum Gasteiger partial charge on any atom is -0.379 e. The number of hydrogen-bond acceptors (Lipinski definition) is 4. The van der Waals surface area contributed by atoms with Gasteiger partial charge in [0, 0.05) is 24.3 Å². The van der Waals surface area contributed by atoms with Crippen LogP contribution in [-0.2, 0) is 10.0 Å². The maximum atomic E-state index is 11.9. The van der Waals surface area contributed by atoms with Crippen molar-refractivity contribution in [2.75, 3.05) is 18.4 Å². The maximum Gasteiger partial charge on any atom is 0.240 e. The Kier molecular flexibility index (Phi) is 6.19. The first-order chi connectivity index (χ1) is 9.72. The fraction of sp³-hybridized carbons (Fsp3) is 0.600. The Bertz CT molecular complexity index is 541. The molecule has 0 bridgehead atoms. The summed E-state index contributed by atoms with van der Waals surface area (Å²) in [5, 5.41) is 3.41. The van der Waals surface area contributed by atoms with Crippen molar-refractivity contribution in [3.05, 3.63) is 24.3 Å². The molecule has 0 fully saturated rings. The van der Waals surface area contributed by atoms with Crippen LogP contribution in [0.1, 0.15) is 34.1 Å². The second-order valence-corrected chi connectivity index (χ2v) is 7.78. The number of nitrogens with two attached hydrogens (primary N) is 1. The smallest absolute Gasteiger partial charge is 0.240 e. The van der Waals surface area contributed by atoms with E-state index in [2.05, 4.69) is 30.8 Å². The first-order valence-electron chi connectivity index (χ1n) is 7.30. The van der Waals surface area contributed by atoms with Gasteiger partial charge in [0.15, 0.2) is 0 Å². The molecule has 0 radical (unpaired) electrons. The van der Waals surface area contributed by atoms with E-state index in [1.807, 2.05) is 0 Å². The van der Waals surface area contributed by atoms with Crippen molar-refractivity contribution >= 4 is 15.7 Å². The van der Waals surface area contributed by atoms with E-state index < -0.39 is 10.0 Å². The summed E-state index contributed by atoms with van der Waals surface area (Å²) >= 11 is 0. The molecular weight excluding hydrogens is 286 g/mol. The van der Waals surface area contributed by atoms with E-state index in [-0.39, 0.29) is 10.4 Å². The SMILES string of the molecule is CCNS(=O)(=O)c1ccc(NC(C)(CN)CC(C)C)cc1. The average Bonchev–Trinajstić information content (AvgIpc) is 2.38. The number of benzene rings is 1. The lowest BCUT2D eigenvalue weighted by Gasteiger charge is -2.32. The van der Waals surface area contributed by atoms with Gasteiger partial charge in [-0.05, 0) is 43.5 Å². The predicted octanol–water partition coefficient (Wildman–Crippen LogP) is 2.16. The van der Waals surface area contributed by atoms with E-state index in [9.17, 15) is 8.42 Å². The summed E-state index contributed by atoms with van der Waals surface area (Å²) in [6.07, 6.45) is 0.945. The third-order valence-electron chi connectivity index (χ3n) is 3.25. The van der Waals surface area contributed by atoms with E-state index >= 15 is 0 Å². The molecular formula is C15H27N3O2S. The first kappa shape index (κ1) is 17.9. The van der Waals surface area contributed by atoms with Crippen molar-refractivity contribution in [3.8, 4) is 0 Å². The molecule has 0 amide bonds. The highest BCUT2D eigenvalue weighted by Crippen LogP contribution is 2.22. The molecule has 21 heavy (non-hydrogen) atoms. The third kappa shape index (κ3) is 5.30. The fourth-order valence-corrected chi connectivity index (χ4v) is 3.47. The van der Waals surface area contributed by atoms with Crippen molar-refractivity contribution in [2.45, 2.75) is 44.6 Å². The second kappa shape index (κ2) is 7.24. The Balaban J connectivity index is 2.88. The summed E-state index contributed by atoms with van der Waals surface area (Å²) in [5.74, 6) is 0.527. The minimum absolute atomic E-state index is 0.198. The quantitative estimate of drug-likeness (QED) is 0.686. The summed E-state index contributed by atoms with van der Waals surface area (Å²) in [5.41, 5.74) is 6.55. The van der Waals surface area contributed by atoms with Gasteiger partial charge in [0.05, 0.1) is 4.90 Å². The van der Waals surface area contributed by atoms with E-state index in [4.69, 9.17) is 5.73 Å². The van der Waals surface area contributed by atoms with Gasteiger partial charge in [-0.2, -0.15) is 0 Å². The van der Waals surface area contributed by atoms with Gasteiger partial charge in [0.25, 0.3) is 0 Å². The van der Waals surface area contributed by atoms with Gasteiger partial charge < -0.3 is 11.1 Å². The first-order valence-corrected chi connectivity index (χ1v) is 8.79. The van der Waals surface area contributed by atoms with E-state index in [1.54, 1.807) is 31.2 Å². The van der Waals surface area contributed by atoms with Crippen LogP contribution in [0.5, 0.6) is 0 Å². The molecule has 0 aromatic heterocycles. The molecule has 1 aromatic rings. The molecule has 120 valence electrons. The lowest BCUT2D eigenvalue weighted by molar-refractivity contribution is 0.407. The van der Waals surface area contributed by atoms with Gasteiger partial charge in [-0.1, -0.05) is 20.8 Å². The van der Waals surface area contributed by atoms with Crippen LogP contribution in [0, 0.1) is 5.92 Å². The summed E-state index contributed by atoms with van der Waals surface area (Å²) in [6.45, 7) is 9.04. The maximum absolute atomic E-state index is 11.9. The van der Waals surface area contributed by atoms with Gasteiger partial charge in [-0.15, -0.1) is 0 Å². The van der Waals surface area contributed by atoms with Crippen LogP contribution < -0.4 is 15.8 Å². The lowest BCUT2D eigenvalue weighted by atomic mass is 9.90. The highest BCUT2D eigenvalue weighted by Gasteiger charge is 2.23. The van der Waals surface area contributed by atoms with E-state index in [0.29, 0.717) is 19.0 Å². The molecule has 0 aliphatic rings. The van der Waals surface area contributed by atoms with Gasteiger partial charge in [-0.25, -0.2) is 13.1 Å². The highest BCUT2D eigenvalue weighted by molar-refractivity contribution is 7.89. The van der Waals surface area contributed by atoms with Gasteiger partial charge >= 0.3 is 0 Å². The van der Waals surface area contributed by atoms with E-state index in [0.717, 1.165) is 12.1 Å². The molecule has 0 spiro atoms.